The lowest BCUT2D eigenvalue weighted by molar-refractivity contribution is 0.310. The first-order valence-corrected chi connectivity index (χ1v) is 8.24. The van der Waals surface area contributed by atoms with Crippen LogP contribution >= 0.6 is 0 Å². The first-order chi connectivity index (χ1) is 11.7. The summed E-state index contributed by atoms with van der Waals surface area (Å²) in [4.78, 5) is 4.59. The van der Waals surface area contributed by atoms with E-state index in [1.807, 2.05) is 23.8 Å². The molecule has 0 fully saturated rings. The Morgan fingerprint density at radius 1 is 1.08 bits per heavy atom. The summed E-state index contributed by atoms with van der Waals surface area (Å²) in [6, 6.07) is 8.40. The second-order valence-corrected chi connectivity index (χ2v) is 5.94. The van der Waals surface area contributed by atoms with Gasteiger partial charge >= 0.3 is 0 Å². The van der Waals surface area contributed by atoms with Crippen LogP contribution in [0.2, 0.25) is 0 Å². The number of unbranched alkanes of at least 4 members (excludes halogenated alkanes) is 1. The molecule has 0 radical (unpaired) electrons. The van der Waals surface area contributed by atoms with Crippen LogP contribution in [-0.2, 0) is 0 Å². The molecule has 3 aromatic rings. The molecule has 0 saturated heterocycles. The molecular formula is C19H22N4O. The van der Waals surface area contributed by atoms with Crippen molar-refractivity contribution in [2.24, 2.45) is 0 Å². The van der Waals surface area contributed by atoms with Crippen molar-refractivity contribution in [1.29, 1.82) is 0 Å². The molecule has 0 atom stereocenters. The van der Waals surface area contributed by atoms with Crippen LogP contribution in [0.3, 0.4) is 0 Å². The molecule has 1 aromatic carbocycles. The fourth-order valence-electron chi connectivity index (χ4n) is 2.62. The first kappa shape index (κ1) is 16.2. The number of aryl methyl sites for hydroxylation is 2. The van der Waals surface area contributed by atoms with Gasteiger partial charge in [0.05, 0.1) is 6.61 Å². The minimum Gasteiger partial charge on any atom is -0.493 e. The zero-order chi connectivity index (χ0) is 16.9. The molecule has 5 heteroatoms. The highest BCUT2D eigenvalue weighted by Gasteiger charge is 2.10. The average Bonchev–Trinajstić information content (AvgIpc) is 3.10. The van der Waals surface area contributed by atoms with Crippen molar-refractivity contribution in [3.05, 3.63) is 54.2 Å². The standard InChI is InChI=1S/C19H22N4O/c1-4-5-8-24-18-7-6-14(2)9-17(18)16-10-15(3)19(20-11-16)23-12-21-22-13-23/h6-7,9-13H,4-5,8H2,1-3H3. The van der Waals surface area contributed by atoms with Gasteiger partial charge in [-0.05, 0) is 44.0 Å². The number of hydrogen-bond donors (Lipinski definition) is 0. The topological polar surface area (TPSA) is 52.8 Å². The van der Waals surface area contributed by atoms with E-state index in [4.69, 9.17) is 4.74 Å². The van der Waals surface area contributed by atoms with E-state index in [9.17, 15) is 0 Å². The maximum absolute atomic E-state index is 5.98. The predicted molar refractivity (Wildman–Crippen MR) is 94.5 cm³/mol. The van der Waals surface area contributed by atoms with E-state index in [1.54, 1.807) is 12.7 Å². The van der Waals surface area contributed by atoms with E-state index in [-0.39, 0.29) is 0 Å². The molecule has 0 aliphatic heterocycles. The minimum atomic E-state index is 0.734. The lowest BCUT2D eigenvalue weighted by Gasteiger charge is -2.14. The molecular weight excluding hydrogens is 300 g/mol. The maximum atomic E-state index is 5.98. The van der Waals surface area contributed by atoms with Gasteiger partial charge in [-0.15, -0.1) is 10.2 Å². The Kier molecular flexibility index (Phi) is 4.89. The van der Waals surface area contributed by atoms with Gasteiger partial charge < -0.3 is 4.74 Å². The molecule has 0 saturated carbocycles. The minimum absolute atomic E-state index is 0.734. The summed E-state index contributed by atoms with van der Waals surface area (Å²) in [6.07, 6.45) is 7.36. The normalized spacial score (nSPS) is 10.8. The first-order valence-electron chi connectivity index (χ1n) is 8.24. The highest BCUT2D eigenvalue weighted by molar-refractivity contribution is 5.71. The van der Waals surface area contributed by atoms with Crippen molar-refractivity contribution >= 4 is 0 Å². The largest absolute Gasteiger partial charge is 0.493 e. The fourth-order valence-corrected chi connectivity index (χ4v) is 2.62. The summed E-state index contributed by atoms with van der Waals surface area (Å²) in [5, 5.41) is 7.68. The van der Waals surface area contributed by atoms with Crippen LogP contribution in [0.5, 0.6) is 5.75 Å². The lowest BCUT2D eigenvalue weighted by Crippen LogP contribution is -2.01. The zero-order valence-electron chi connectivity index (χ0n) is 14.4. The maximum Gasteiger partial charge on any atom is 0.142 e. The molecule has 5 nitrogen and oxygen atoms in total. The van der Waals surface area contributed by atoms with Gasteiger partial charge in [-0.25, -0.2) is 4.98 Å². The fraction of sp³-hybridized carbons (Fsp3) is 0.316. The van der Waals surface area contributed by atoms with Crippen molar-refractivity contribution in [1.82, 2.24) is 19.7 Å². The molecule has 0 unspecified atom stereocenters. The van der Waals surface area contributed by atoms with Crippen LogP contribution in [0.1, 0.15) is 30.9 Å². The van der Waals surface area contributed by atoms with Crippen LogP contribution in [0.25, 0.3) is 16.9 Å². The van der Waals surface area contributed by atoms with Crippen LogP contribution in [0.4, 0.5) is 0 Å². The summed E-state index contributed by atoms with van der Waals surface area (Å²) in [5.41, 5.74) is 4.40. The lowest BCUT2D eigenvalue weighted by atomic mass is 10.0. The Morgan fingerprint density at radius 3 is 2.58 bits per heavy atom. The Balaban J connectivity index is 1.96. The van der Waals surface area contributed by atoms with Crippen LogP contribution in [-0.4, -0.2) is 26.4 Å². The zero-order valence-corrected chi connectivity index (χ0v) is 14.4. The summed E-state index contributed by atoms with van der Waals surface area (Å²) < 4.78 is 7.79. The van der Waals surface area contributed by atoms with Gasteiger partial charge in [0.25, 0.3) is 0 Å². The monoisotopic (exact) mass is 322 g/mol. The Hall–Kier alpha value is -2.69. The number of benzene rings is 1. The van der Waals surface area contributed by atoms with Crippen molar-refractivity contribution in [3.63, 3.8) is 0 Å². The summed E-state index contributed by atoms with van der Waals surface area (Å²) in [6.45, 7) is 7.03. The molecule has 124 valence electrons. The van der Waals surface area contributed by atoms with E-state index in [0.717, 1.165) is 47.7 Å². The Morgan fingerprint density at radius 2 is 1.88 bits per heavy atom. The number of aromatic nitrogens is 4. The number of nitrogens with zero attached hydrogens (tertiary/aromatic N) is 4. The Labute approximate surface area is 142 Å². The SMILES string of the molecule is CCCCOc1ccc(C)cc1-c1cnc(-n2cnnc2)c(C)c1. The molecule has 2 heterocycles. The number of rotatable bonds is 6. The van der Waals surface area contributed by atoms with Crippen LogP contribution in [0, 0.1) is 13.8 Å². The average molecular weight is 322 g/mol. The predicted octanol–water partition coefficient (Wildman–Crippen LogP) is 4.13. The van der Waals surface area contributed by atoms with E-state index >= 15 is 0 Å². The second-order valence-electron chi connectivity index (χ2n) is 5.94. The van der Waals surface area contributed by atoms with E-state index in [1.165, 1.54) is 5.56 Å². The van der Waals surface area contributed by atoms with Gasteiger partial charge in [-0.2, -0.15) is 0 Å². The number of ether oxygens (including phenoxy) is 1. The quantitative estimate of drug-likeness (QED) is 0.640. The molecule has 0 amide bonds. The van der Waals surface area contributed by atoms with E-state index in [0.29, 0.717) is 0 Å². The van der Waals surface area contributed by atoms with Crippen molar-refractivity contribution in [3.8, 4) is 22.7 Å². The summed E-state index contributed by atoms with van der Waals surface area (Å²) in [7, 11) is 0. The number of hydrogen-bond acceptors (Lipinski definition) is 4. The molecule has 0 N–H and O–H groups in total. The van der Waals surface area contributed by atoms with E-state index in [2.05, 4.69) is 47.2 Å². The highest BCUT2D eigenvalue weighted by Crippen LogP contribution is 2.32. The molecule has 0 bridgehead atoms. The van der Waals surface area contributed by atoms with Crippen molar-refractivity contribution in [2.75, 3.05) is 6.61 Å². The van der Waals surface area contributed by atoms with Gasteiger partial charge in [0.2, 0.25) is 0 Å². The van der Waals surface area contributed by atoms with E-state index < -0.39 is 0 Å². The third-order valence-corrected chi connectivity index (χ3v) is 3.92. The summed E-state index contributed by atoms with van der Waals surface area (Å²) in [5.74, 6) is 1.75. The number of pyridine rings is 1. The van der Waals surface area contributed by atoms with Crippen molar-refractivity contribution in [2.45, 2.75) is 33.6 Å². The highest BCUT2D eigenvalue weighted by atomic mass is 16.5. The van der Waals surface area contributed by atoms with Gasteiger partial charge in [0.15, 0.2) is 0 Å². The van der Waals surface area contributed by atoms with Crippen LogP contribution < -0.4 is 4.74 Å². The van der Waals surface area contributed by atoms with Gasteiger partial charge in [-0.3, -0.25) is 4.57 Å². The smallest absolute Gasteiger partial charge is 0.142 e. The van der Waals surface area contributed by atoms with Crippen LogP contribution in [0.15, 0.2) is 43.1 Å². The van der Waals surface area contributed by atoms with Gasteiger partial charge in [-0.1, -0.05) is 25.0 Å². The third-order valence-electron chi connectivity index (χ3n) is 3.92. The molecule has 2 aromatic heterocycles. The molecule has 3 rings (SSSR count). The van der Waals surface area contributed by atoms with Gasteiger partial charge in [0.1, 0.15) is 24.2 Å². The molecule has 0 spiro atoms. The molecule has 0 aliphatic rings. The second kappa shape index (κ2) is 7.25. The van der Waals surface area contributed by atoms with Crippen molar-refractivity contribution < 1.29 is 4.74 Å². The van der Waals surface area contributed by atoms with Gasteiger partial charge in [0, 0.05) is 17.3 Å². The molecule has 24 heavy (non-hydrogen) atoms. The Bertz CT molecular complexity index is 812. The summed E-state index contributed by atoms with van der Waals surface area (Å²) >= 11 is 0. The third kappa shape index (κ3) is 3.45. The molecule has 0 aliphatic carbocycles.